The number of ether oxygens (including phenoxy) is 1. The Morgan fingerprint density at radius 3 is 2.76 bits per heavy atom. The molecule has 3 rings (SSSR count). The van der Waals surface area contributed by atoms with Crippen molar-refractivity contribution in [1.29, 1.82) is 0 Å². The molecule has 0 aliphatic carbocycles. The minimum Gasteiger partial charge on any atom is -0.375 e. The second-order valence-corrected chi connectivity index (χ2v) is 6.62. The molecule has 0 unspecified atom stereocenters. The lowest BCUT2D eigenvalue weighted by molar-refractivity contribution is -0.131. The Kier molecular flexibility index (Phi) is 4.03. The van der Waals surface area contributed by atoms with E-state index in [4.69, 9.17) is 4.74 Å². The molecule has 0 saturated carbocycles. The fourth-order valence-electron chi connectivity index (χ4n) is 3.52. The highest BCUT2D eigenvalue weighted by atomic mass is 16.5. The Labute approximate surface area is 127 Å². The van der Waals surface area contributed by atoms with Crippen molar-refractivity contribution in [2.75, 3.05) is 13.2 Å². The largest absolute Gasteiger partial charge is 0.375 e. The molecule has 2 heterocycles. The van der Waals surface area contributed by atoms with Gasteiger partial charge in [0.15, 0.2) is 0 Å². The summed E-state index contributed by atoms with van der Waals surface area (Å²) in [5.41, 5.74) is 3.83. The zero-order valence-electron chi connectivity index (χ0n) is 13.2. The van der Waals surface area contributed by atoms with Crippen LogP contribution in [0, 0.1) is 13.8 Å². The third-order valence-corrected chi connectivity index (χ3v) is 5.11. The van der Waals surface area contributed by atoms with E-state index in [2.05, 4.69) is 32.0 Å². The summed E-state index contributed by atoms with van der Waals surface area (Å²) in [6, 6.07) is 6.49. The van der Waals surface area contributed by atoms with Gasteiger partial charge in [-0.05, 0) is 56.2 Å². The van der Waals surface area contributed by atoms with Gasteiger partial charge in [-0.25, -0.2) is 0 Å². The standard InChI is InChI=1S/C18H25NO2/c1-14-4-5-16(12-15(14)2)13-19-10-9-18(7-3-11-21-18)8-6-17(19)20/h4-5,12H,3,6-11,13H2,1-2H3/t18-/m1/s1. The van der Waals surface area contributed by atoms with E-state index >= 15 is 0 Å². The molecule has 1 aromatic carbocycles. The van der Waals surface area contributed by atoms with Gasteiger partial charge in [0.1, 0.15) is 0 Å². The van der Waals surface area contributed by atoms with Crippen molar-refractivity contribution < 1.29 is 9.53 Å². The Hall–Kier alpha value is -1.35. The van der Waals surface area contributed by atoms with Gasteiger partial charge in [0.25, 0.3) is 0 Å². The molecule has 1 aromatic rings. The zero-order valence-corrected chi connectivity index (χ0v) is 13.2. The lowest BCUT2D eigenvalue weighted by Crippen LogP contribution is -2.32. The Morgan fingerprint density at radius 1 is 1.19 bits per heavy atom. The number of nitrogens with zero attached hydrogens (tertiary/aromatic N) is 1. The summed E-state index contributed by atoms with van der Waals surface area (Å²) in [7, 11) is 0. The normalized spacial score (nSPS) is 26.4. The number of hydrogen-bond acceptors (Lipinski definition) is 2. The van der Waals surface area contributed by atoms with E-state index in [9.17, 15) is 4.79 Å². The number of likely N-dealkylation sites (tertiary alicyclic amines) is 1. The molecule has 0 N–H and O–H groups in total. The van der Waals surface area contributed by atoms with E-state index < -0.39 is 0 Å². The average molecular weight is 287 g/mol. The third-order valence-electron chi connectivity index (χ3n) is 5.11. The second-order valence-electron chi connectivity index (χ2n) is 6.62. The molecular formula is C18H25NO2. The SMILES string of the molecule is Cc1ccc(CN2CC[C@@]3(CCCO3)CCC2=O)cc1C. The monoisotopic (exact) mass is 287 g/mol. The smallest absolute Gasteiger partial charge is 0.222 e. The Bertz CT molecular complexity index is 532. The van der Waals surface area contributed by atoms with Crippen LogP contribution in [0.3, 0.4) is 0 Å². The van der Waals surface area contributed by atoms with Gasteiger partial charge in [-0.15, -0.1) is 0 Å². The molecule has 114 valence electrons. The molecule has 0 radical (unpaired) electrons. The number of amides is 1. The number of carbonyl (C=O) groups is 1. The molecule has 2 saturated heterocycles. The van der Waals surface area contributed by atoms with E-state index in [1.807, 2.05) is 4.90 Å². The summed E-state index contributed by atoms with van der Waals surface area (Å²) in [5.74, 6) is 0.278. The molecule has 0 bridgehead atoms. The van der Waals surface area contributed by atoms with Crippen LogP contribution in [0.25, 0.3) is 0 Å². The maximum Gasteiger partial charge on any atom is 0.222 e. The Balaban J connectivity index is 1.69. The molecule has 0 aromatic heterocycles. The number of hydrogen-bond donors (Lipinski definition) is 0. The van der Waals surface area contributed by atoms with Crippen LogP contribution in [0.1, 0.15) is 48.8 Å². The van der Waals surface area contributed by atoms with Crippen LogP contribution in [0.15, 0.2) is 18.2 Å². The summed E-state index contributed by atoms with van der Waals surface area (Å²) in [6.07, 6.45) is 4.78. The predicted octanol–water partition coefficient (Wildman–Crippen LogP) is 3.37. The molecule has 3 heteroatoms. The van der Waals surface area contributed by atoms with Crippen LogP contribution in [-0.4, -0.2) is 29.6 Å². The van der Waals surface area contributed by atoms with Crippen LogP contribution in [0.2, 0.25) is 0 Å². The minimum absolute atomic E-state index is 0.00635. The van der Waals surface area contributed by atoms with Crippen molar-refractivity contribution >= 4 is 5.91 Å². The molecule has 2 aliphatic rings. The minimum atomic E-state index is -0.00635. The summed E-state index contributed by atoms with van der Waals surface area (Å²) < 4.78 is 5.96. The summed E-state index contributed by atoms with van der Waals surface area (Å²) in [4.78, 5) is 14.4. The van der Waals surface area contributed by atoms with Crippen LogP contribution in [0.4, 0.5) is 0 Å². The lowest BCUT2D eigenvalue weighted by atomic mass is 9.92. The van der Waals surface area contributed by atoms with E-state index in [-0.39, 0.29) is 11.5 Å². The number of benzene rings is 1. The number of rotatable bonds is 2. The molecule has 3 nitrogen and oxygen atoms in total. The third kappa shape index (κ3) is 3.13. The quantitative estimate of drug-likeness (QED) is 0.834. The second kappa shape index (κ2) is 5.80. The summed E-state index contributed by atoms with van der Waals surface area (Å²) >= 11 is 0. The first-order valence-electron chi connectivity index (χ1n) is 8.06. The number of aryl methyl sites for hydroxylation is 2. The first-order valence-corrected chi connectivity index (χ1v) is 8.06. The van der Waals surface area contributed by atoms with Crippen molar-refractivity contribution in [2.24, 2.45) is 0 Å². The maximum atomic E-state index is 12.4. The van der Waals surface area contributed by atoms with Crippen molar-refractivity contribution in [2.45, 2.75) is 58.1 Å². The van der Waals surface area contributed by atoms with E-state index in [1.54, 1.807) is 0 Å². The highest BCUT2D eigenvalue weighted by Gasteiger charge is 2.38. The molecule has 1 atom stereocenters. The van der Waals surface area contributed by atoms with Gasteiger partial charge in [0, 0.05) is 26.1 Å². The van der Waals surface area contributed by atoms with Crippen LogP contribution in [-0.2, 0) is 16.1 Å². The molecule has 2 fully saturated rings. The average Bonchev–Trinajstić information content (AvgIpc) is 2.88. The van der Waals surface area contributed by atoms with Crippen molar-refractivity contribution in [1.82, 2.24) is 4.90 Å². The summed E-state index contributed by atoms with van der Waals surface area (Å²) in [5, 5.41) is 0. The first kappa shape index (κ1) is 14.6. The van der Waals surface area contributed by atoms with Gasteiger partial charge < -0.3 is 9.64 Å². The first-order chi connectivity index (χ1) is 10.1. The maximum absolute atomic E-state index is 12.4. The molecular weight excluding hydrogens is 262 g/mol. The number of carbonyl (C=O) groups excluding carboxylic acids is 1. The lowest BCUT2D eigenvalue weighted by Gasteiger charge is -2.26. The van der Waals surface area contributed by atoms with Crippen LogP contribution in [0.5, 0.6) is 0 Å². The topological polar surface area (TPSA) is 29.5 Å². The zero-order chi connectivity index (χ0) is 14.9. The van der Waals surface area contributed by atoms with Crippen molar-refractivity contribution in [3.05, 3.63) is 34.9 Å². The van der Waals surface area contributed by atoms with E-state index in [1.165, 1.54) is 16.7 Å². The van der Waals surface area contributed by atoms with Gasteiger partial charge in [-0.1, -0.05) is 18.2 Å². The molecule has 21 heavy (non-hydrogen) atoms. The Morgan fingerprint density at radius 2 is 2.05 bits per heavy atom. The van der Waals surface area contributed by atoms with Gasteiger partial charge in [-0.3, -0.25) is 4.79 Å². The van der Waals surface area contributed by atoms with Gasteiger partial charge in [0.05, 0.1) is 5.60 Å². The summed E-state index contributed by atoms with van der Waals surface area (Å²) in [6.45, 7) is 6.68. The predicted molar refractivity (Wildman–Crippen MR) is 83.1 cm³/mol. The highest BCUT2D eigenvalue weighted by Crippen LogP contribution is 2.36. The van der Waals surface area contributed by atoms with E-state index in [0.717, 1.165) is 45.4 Å². The van der Waals surface area contributed by atoms with Gasteiger partial charge in [-0.2, -0.15) is 0 Å². The van der Waals surface area contributed by atoms with Gasteiger partial charge in [0.2, 0.25) is 5.91 Å². The van der Waals surface area contributed by atoms with E-state index in [0.29, 0.717) is 6.42 Å². The van der Waals surface area contributed by atoms with Crippen molar-refractivity contribution in [3.8, 4) is 0 Å². The fourth-order valence-corrected chi connectivity index (χ4v) is 3.52. The van der Waals surface area contributed by atoms with Gasteiger partial charge >= 0.3 is 0 Å². The molecule has 1 amide bonds. The van der Waals surface area contributed by atoms with Crippen LogP contribution >= 0.6 is 0 Å². The molecule has 2 aliphatic heterocycles. The van der Waals surface area contributed by atoms with Crippen LogP contribution < -0.4 is 0 Å². The van der Waals surface area contributed by atoms with Crippen molar-refractivity contribution in [3.63, 3.8) is 0 Å². The fraction of sp³-hybridized carbons (Fsp3) is 0.611. The molecule has 1 spiro atoms. The highest BCUT2D eigenvalue weighted by molar-refractivity contribution is 5.76.